The van der Waals surface area contributed by atoms with Crippen molar-refractivity contribution in [3.8, 4) is 5.75 Å². The van der Waals surface area contributed by atoms with Crippen LogP contribution in [0.1, 0.15) is 51.3 Å². The molecular formula is C30H35N3O5. The molecule has 1 saturated carbocycles. The molecule has 3 aromatic carbocycles. The van der Waals surface area contributed by atoms with E-state index in [9.17, 15) is 19.5 Å². The molecule has 0 saturated heterocycles. The van der Waals surface area contributed by atoms with Gasteiger partial charge in [0.25, 0.3) is 5.91 Å². The minimum Gasteiger partial charge on any atom is -0.507 e. The minimum atomic E-state index is -1.11. The molecule has 3 atom stereocenters. The molecule has 38 heavy (non-hydrogen) atoms. The third-order valence-corrected chi connectivity index (χ3v) is 6.60. The maximum absolute atomic E-state index is 13.9. The predicted octanol–water partition coefficient (Wildman–Crippen LogP) is 5.30. The molecule has 3 unspecified atom stereocenters. The second kappa shape index (κ2) is 10.7. The molecule has 0 bridgehead atoms. The van der Waals surface area contributed by atoms with E-state index < -0.39 is 29.6 Å². The van der Waals surface area contributed by atoms with Crippen LogP contribution in [-0.4, -0.2) is 46.1 Å². The van der Waals surface area contributed by atoms with Gasteiger partial charge in [0.05, 0.1) is 0 Å². The average molecular weight is 518 g/mol. The smallest absolute Gasteiger partial charge is 0.408 e. The van der Waals surface area contributed by atoms with E-state index in [1.54, 1.807) is 45.9 Å². The number of phenols is 1. The molecule has 4 rings (SSSR count). The molecule has 1 aliphatic carbocycles. The number of para-hydroxylation sites is 1. The largest absolute Gasteiger partial charge is 0.507 e. The summed E-state index contributed by atoms with van der Waals surface area (Å²) in [6.07, 6.45) is -0.00459. The zero-order valence-electron chi connectivity index (χ0n) is 22.4. The van der Waals surface area contributed by atoms with Crippen molar-refractivity contribution in [1.29, 1.82) is 0 Å². The number of alkyl carbamates (subject to hydrolysis) is 1. The summed E-state index contributed by atoms with van der Waals surface area (Å²) in [4.78, 5) is 41.2. The molecule has 3 amide bonds. The van der Waals surface area contributed by atoms with Gasteiger partial charge in [0, 0.05) is 17.3 Å². The van der Waals surface area contributed by atoms with Crippen LogP contribution in [0.3, 0.4) is 0 Å². The van der Waals surface area contributed by atoms with E-state index in [-0.39, 0.29) is 24.3 Å². The van der Waals surface area contributed by atoms with Gasteiger partial charge in [-0.2, -0.15) is 0 Å². The van der Waals surface area contributed by atoms with Gasteiger partial charge in [0.1, 0.15) is 23.9 Å². The van der Waals surface area contributed by atoms with Crippen molar-refractivity contribution in [3.63, 3.8) is 0 Å². The number of fused-ring (bicyclic) bond motifs is 1. The molecule has 3 N–H and O–H groups in total. The van der Waals surface area contributed by atoms with E-state index in [2.05, 4.69) is 10.6 Å². The highest BCUT2D eigenvalue weighted by Crippen LogP contribution is 2.42. The first-order chi connectivity index (χ1) is 17.9. The van der Waals surface area contributed by atoms with Crippen molar-refractivity contribution in [2.24, 2.45) is 5.92 Å². The van der Waals surface area contributed by atoms with Crippen LogP contribution >= 0.6 is 0 Å². The molecule has 8 nitrogen and oxygen atoms in total. The second-order valence-corrected chi connectivity index (χ2v) is 10.9. The van der Waals surface area contributed by atoms with Crippen LogP contribution < -0.4 is 10.6 Å². The van der Waals surface area contributed by atoms with Gasteiger partial charge < -0.3 is 25.4 Å². The molecule has 0 spiro atoms. The number of hydrogen-bond acceptors (Lipinski definition) is 5. The molecule has 0 aliphatic heterocycles. The Kier molecular flexibility index (Phi) is 7.62. The number of carbonyl (C=O) groups excluding carboxylic acids is 3. The number of nitrogens with one attached hydrogen (secondary N) is 2. The summed E-state index contributed by atoms with van der Waals surface area (Å²) >= 11 is 0. The summed E-state index contributed by atoms with van der Waals surface area (Å²) in [5.74, 6) is -0.767. The molecule has 0 heterocycles. The number of benzene rings is 3. The number of anilines is 1. The van der Waals surface area contributed by atoms with Crippen LogP contribution in [0.2, 0.25) is 0 Å². The van der Waals surface area contributed by atoms with E-state index in [0.29, 0.717) is 23.2 Å². The monoisotopic (exact) mass is 517 g/mol. The van der Waals surface area contributed by atoms with Crippen molar-refractivity contribution >= 4 is 34.4 Å². The van der Waals surface area contributed by atoms with Gasteiger partial charge in [-0.15, -0.1) is 0 Å². The van der Waals surface area contributed by atoms with Gasteiger partial charge in [-0.1, -0.05) is 55.5 Å². The Morgan fingerprint density at radius 1 is 1.05 bits per heavy atom. The molecule has 1 aliphatic rings. The van der Waals surface area contributed by atoms with Crippen LogP contribution in [0, 0.1) is 12.8 Å². The Labute approximate surface area is 223 Å². The lowest BCUT2D eigenvalue weighted by Crippen LogP contribution is -2.48. The lowest BCUT2D eigenvalue weighted by molar-refractivity contribution is -0.139. The summed E-state index contributed by atoms with van der Waals surface area (Å²) in [5.41, 5.74) is 0.782. The van der Waals surface area contributed by atoms with E-state index in [4.69, 9.17) is 4.74 Å². The number of aryl methyl sites for hydroxylation is 1. The quantitative estimate of drug-likeness (QED) is 0.394. The van der Waals surface area contributed by atoms with Gasteiger partial charge in [-0.25, -0.2) is 4.79 Å². The number of hydrogen-bond donors (Lipinski definition) is 3. The fourth-order valence-corrected chi connectivity index (χ4v) is 4.56. The van der Waals surface area contributed by atoms with Crippen LogP contribution in [0.25, 0.3) is 10.8 Å². The lowest BCUT2D eigenvalue weighted by atomic mass is 9.99. The standard InChI is InChI=1S/C30H35N3O5/c1-18-9-8-12-23(27(18)35)26(28(36)32-22-14-13-20-10-6-7-11-21(20)16-22)33(24-15-19(24)2)25(34)17-31-29(37)38-30(3,4)5/h6-14,16,19,24,26,35H,15,17H2,1-5H3,(H,31,37)(H,32,36). The van der Waals surface area contributed by atoms with Crippen molar-refractivity contribution < 1.29 is 24.2 Å². The van der Waals surface area contributed by atoms with Crippen molar-refractivity contribution in [1.82, 2.24) is 10.2 Å². The van der Waals surface area contributed by atoms with Crippen LogP contribution in [0.5, 0.6) is 5.75 Å². The Morgan fingerprint density at radius 3 is 2.39 bits per heavy atom. The maximum atomic E-state index is 13.9. The Balaban J connectivity index is 1.66. The highest BCUT2D eigenvalue weighted by molar-refractivity contribution is 6.00. The van der Waals surface area contributed by atoms with Gasteiger partial charge in [-0.3, -0.25) is 9.59 Å². The van der Waals surface area contributed by atoms with Crippen molar-refractivity contribution in [3.05, 3.63) is 71.8 Å². The van der Waals surface area contributed by atoms with E-state index in [1.807, 2.05) is 49.4 Å². The summed E-state index contributed by atoms with van der Waals surface area (Å²) in [6, 6.07) is 17.2. The molecule has 0 radical (unpaired) electrons. The Bertz CT molecular complexity index is 1360. The number of nitrogens with zero attached hydrogens (tertiary/aromatic N) is 1. The van der Waals surface area contributed by atoms with Gasteiger partial charge in [-0.05, 0) is 68.5 Å². The van der Waals surface area contributed by atoms with Crippen LogP contribution in [0.4, 0.5) is 10.5 Å². The normalized spacial score (nSPS) is 17.4. The number of amides is 3. The summed E-state index contributed by atoms with van der Waals surface area (Å²) in [6.45, 7) is 8.61. The molecule has 3 aromatic rings. The molecule has 200 valence electrons. The number of aromatic hydroxyl groups is 1. The molecular weight excluding hydrogens is 482 g/mol. The zero-order chi connectivity index (χ0) is 27.6. The number of ether oxygens (including phenoxy) is 1. The number of carbonyl (C=O) groups is 3. The fraction of sp³-hybridized carbons (Fsp3) is 0.367. The highest BCUT2D eigenvalue weighted by Gasteiger charge is 2.47. The number of phenolic OH excluding ortho intramolecular Hbond substituents is 1. The van der Waals surface area contributed by atoms with E-state index >= 15 is 0 Å². The topological polar surface area (TPSA) is 108 Å². The zero-order valence-corrected chi connectivity index (χ0v) is 22.4. The predicted molar refractivity (Wildman–Crippen MR) is 147 cm³/mol. The highest BCUT2D eigenvalue weighted by atomic mass is 16.6. The first kappa shape index (κ1) is 27.0. The number of rotatable bonds is 7. The fourth-order valence-electron chi connectivity index (χ4n) is 4.56. The Morgan fingerprint density at radius 2 is 1.74 bits per heavy atom. The average Bonchev–Trinajstić information content (AvgIpc) is 3.57. The summed E-state index contributed by atoms with van der Waals surface area (Å²) < 4.78 is 5.27. The third-order valence-electron chi connectivity index (χ3n) is 6.60. The SMILES string of the molecule is Cc1cccc(C(C(=O)Nc2ccc3ccccc3c2)N(C(=O)CNC(=O)OC(C)(C)C)C2CC2C)c1O. The first-order valence-corrected chi connectivity index (χ1v) is 12.8. The summed E-state index contributed by atoms with van der Waals surface area (Å²) in [7, 11) is 0. The summed E-state index contributed by atoms with van der Waals surface area (Å²) in [5, 5.41) is 18.4. The van der Waals surface area contributed by atoms with Crippen LogP contribution in [0.15, 0.2) is 60.7 Å². The van der Waals surface area contributed by atoms with Gasteiger partial charge in [0.15, 0.2) is 0 Å². The van der Waals surface area contributed by atoms with Crippen molar-refractivity contribution in [2.75, 3.05) is 11.9 Å². The van der Waals surface area contributed by atoms with E-state index in [1.165, 1.54) is 4.90 Å². The molecule has 8 heteroatoms. The lowest BCUT2D eigenvalue weighted by Gasteiger charge is -2.33. The minimum absolute atomic E-state index is 0.0441. The second-order valence-electron chi connectivity index (χ2n) is 10.9. The maximum Gasteiger partial charge on any atom is 0.408 e. The molecule has 0 aromatic heterocycles. The third kappa shape index (κ3) is 6.25. The Hall–Kier alpha value is -4.07. The van der Waals surface area contributed by atoms with Gasteiger partial charge in [0.2, 0.25) is 5.91 Å². The van der Waals surface area contributed by atoms with E-state index in [0.717, 1.165) is 10.8 Å². The van der Waals surface area contributed by atoms with Crippen LogP contribution in [-0.2, 0) is 14.3 Å². The first-order valence-electron chi connectivity index (χ1n) is 12.8. The van der Waals surface area contributed by atoms with Gasteiger partial charge >= 0.3 is 6.09 Å². The molecule has 1 fully saturated rings. The van der Waals surface area contributed by atoms with Crippen molar-refractivity contribution in [2.45, 2.75) is 58.7 Å².